The number of amides is 2. The first-order valence-corrected chi connectivity index (χ1v) is 10.2. The Hall–Kier alpha value is -2.70. The van der Waals surface area contributed by atoms with Crippen LogP contribution >= 0.6 is 11.3 Å². The number of primary amides is 1. The third kappa shape index (κ3) is 3.79. The van der Waals surface area contributed by atoms with Gasteiger partial charge >= 0.3 is 0 Å². The Morgan fingerprint density at radius 3 is 2.71 bits per heavy atom. The summed E-state index contributed by atoms with van der Waals surface area (Å²) in [6.07, 6.45) is 2.87. The minimum Gasteiger partial charge on any atom is -0.365 e. The van der Waals surface area contributed by atoms with Gasteiger partial charge in [-0.1, -0.05) is 36.4 Å². The maximum atomic E-state index is 12.5. The highest BCUT2D eigenvalue weighted by Gasteiger charge is 2.26. The number of carbonyl (C=O) groups excluding carboxylic acids is 2. The molecule has 0 spiro atoms. The number of fused-ring (bicyclic) bond motifs is 2. The molecular weight excluding hydrogens is 370 g/mol. The van der Waals surface area contributed by atoms with Gasteiger partial charge in [0, 0.05) is 11.4 Å². The van der Waals surface area contributed by atoms with Crippen LogP contribution in [0.2, 0.25) is 0 Å². The Bertz CT molecular complexity index is 1060. The molecule has 0 saturated heterocycles. The first-order valence-electron chi connectivity index (χ1n) is 9.41. The molecule has 4 rings (SSSR count). The van der Waals surface area contributed by atoms with Gasteiger partial charge in [-0.3, -0.25) is 14.5 Å². The lowest BCUT2D eigenvalue weighted by atomic mass is 10.1. The van der Waals surface area contributed by atoms with Gasteiger partial charge in [-0.05, 0) is 54.3 Å². The van der Waals surface area contributed by atoms with Crippen LogP contribution in [0.25, 0.3) is 10.8 Å². The lowest BCUT2D eigenvalue weighted by Crippen LogP contribution is -2.30. The number of hydrogen-bond acceptors (Lipinski definition) is 4. The minimum atomic E-state index is -0.459. The van der Waals surface area contributed by atoms with E-state index in [1.54, 1.807) is 0 Å². The number of nitrogens with two attached hydrogens (primary N) is 1. The normalized spacial score (nSPS) is 13.1. The predicted octanol–water partition coefficient (Wildman–Crippen LogP) is 3.56. The maximum Gasteiger partial charge on any atom is 0.251 e. The number of hydrogen-bond donors (Lipinski definition) is 2. The number of aryl methyl sites for hydroxylation is 1. The van der Waals surface area contributed by atoms with Crippen LogP contribution in [0.4, 0.5) is 5.00 Å². The molecule has 0 saturated carbocycles. The summed E-state index contributed by atoms with van der Waals surface area (Å²) < 4.78 is 0. The maximum absolute atomic E-state index is 12.5. The zero-order valence-electron chi connectivity index (χ0n) is 15.8. The molecule has 6 heteroatoms. The molecule has 1 heterocycles. The Morgan fingerprint density at radius 2 is 1.93 bits per heavy atom. The van der Waals surface area contributed by atoms with E-state index in [9.17, 15) is 9.59 Å². The van der Waals surface area contributed by atoms with E-state index in [4.69, 9.17) is 5.73 Å². The lowest BCUT2D eigenvalue weighted by Gasteiger charge is -2.17. The molecule has 0 fully saturated rings. The summed E-state index contributed by atoms with van der Waals surface area (Å²) in [5.41, 5.74) is 8.25. The fraction of sp³-hybridized carbons (Fsp3) is 0.273. The standard InChI is InChI=1S/C22H23N3O2S/c1-25(12-14-9-10-15-5-2-3-6-16(15)11-14)13-19(26)24-22-20(21(23)27)17-7-4-8-18(17)28-22/h2-3,5-6,9-11H,4,7-8,12-13H2,1H3,(H2,23,27)(H,24,26). The summed E-state index contributed by atoms with van der Waals surface area (Å²) in [6.45, 7) is 0.912. The van der Waals surface area contributed by atoms with Gasteiger partial charge < -0.3 is 11.1 Å². The molecular formula is C22H23N3O2S. The highest BCUT2D eigenvalue weighted by atomic mass is 32.1. The van der Waals surface area contributed by atoms with Crippen LogP contribution in [-0.2, 0) is 24.2 Å². The van der Waals surface area contributed by atoms with Crippen molar-refractivity contribution in [2.45, 2.75) is 25.8 Å². The SMILES string of the molecule is CN(CC(=O)Nc1sc2c(c1C(N)=O)CCC2)Cc1ccc2ccccc2c1. The van der Waals surface area contributed by atoms with Gasteiger partial charge in [0.25, 0.3) is 5.91 Å². The quantitative estimate of drug-likeness (QED) is 0.672. The number of likely N-dealkylation sites (N-methyl/N-ethyl adjacent to an activating group) is 1. The van der Waals surface area contributed by atoms with Crippen molar-refractivity contribution in [2.75, 3.05) is 18.9 Å². The fourth-order valence-corrected chi connectivity index (χ4v) is 5.18. The molecule has 0 aliphatic heterocycles. The van der Waals surface area contributed by atoms with E-state index in [1.165, 1.54) is 27.0 Å². The number of benzene rings is 2. The molecule has 5 nitrogen and oxygen atoms in total. The smallest absolute Gasteiger partial charge is 0.251 e. The largest absolute Gasteiger partial charge is 0.365 e. The zero-order valence-corrected chi connectivity index (χ0v) is 16.6. The second-order valence-electron chi connectivity index (χ2n) is 7.33. The van der Waals surface area contributed by atoms with Crippen molar-refractivity contribution in [3.63, 3.8) is 0 Å². The Morgan fingerprint density at radius 1 is 1.14 bits per heavy atom. The molecule has 1 aromatic heterocycles. The second-order valence-corrected chi connectivity index (χ2v) is 8.43. The average molecular weight is 394 g/mol. The summed E-state index contributed by atoms with van der Waals surface area (Å²) in [4.78, 5) is 27.5. The zero-order chi connectivity index (χ0) is 19.7. The average Bonchev–Trinajstić information content (AvgIpc) is 3.21. The Balaban J connectivity index is 1.41. The second kappa shape index (κ2) is 7.73. The van der Waals surface area contributed by atoms with E-state index in [-0.39, 0.29) is 12.5 Å². The third-order valence-electron chi connectivity index (χ3n) is 5.10. The van der Waals surface area contributed by atoms with Crippen LogP contribution in [0.3, 0.4) is 0 Å². The van der Waals surface area contributed by atoms with E-state index in [1.807, 2.05) is 24.1 Å². The molecule has 2 amide bonds. The van der Waals surface area contributed by atoms with Crippen LogP contribution in [0, 0.1) is 0 Å². The van der Waals surface area contributed by atoms with E-state index >= 15 is 0 Å². The van der Waals surface area contributed by atoms with Crippen molar-refractivity contribution in [1.29, 1.82) is 0 Å². The summed E-state index contributed by atoms with van der Waals surface area (Å²) in [6, 6.07) is 14.6. The van der Waals surface area contributed by atoms with Crippen molar-refractivity contribution in [3.05, 3.63) is 64.0 Å². The third-order valence-corrected chi connectivity index (χ3v) is 6.31. The van der Waals surface area contributed by atoms with Crippen molar-refractivity contribution >= 4 is 38.9 Å². The van der Waals surface area contributed by atoms with E-state index in [0.29, 0.717) is 17.1 Å². The predicted molar refractivity (Wildman–Crippen MR) is 114 cm³/mol. The summed E-state index contributed by atoms with van der Waals surface area (Å²) in [5, 5.41) is 5.90. The van der Waals surface area contributed by atoms with Crippen LogP contribution in [-0.4, -0.2) is 30.3 Å². The van der Waals surface area contributed by atoms with Gasteiger partial charge in [-0.25, -0.2) is 0 Å². The van der Waals surface area contributed by atoms with Crippen molar-refractivity contribution in [3.8, 4) is 0 Å². The molecule has 28 heavy (non-hydrogen) atoms. The Labute approximate surface area is 168 Å². The fourth-order valence-electron chi connectivity index (χ4n) is 3.87. The first-order chi connectivity index (χ1) is 13.5. The molecule has 0 radical (unpaired) electrons. The molecule has 3 N–H and O–H groups in total. The molecule has 3 aromatic rings. The van der Waals surface area contributed by atoms with Gasteiger partial charge in [0.2, 0.25) is 5.91 Å². The number of anilines is 1. The summed E-state index contributed by atoms with van der Waals surface area (Å²) in [5.74, 6) is -0.593. The van der Waals surface area contributed by atoms with E-state index < -0.39 is 5.91 Å². The molecule has 0 atom stereocenters. The molecule has 1 aliphatic carbocycles. The topological polar surface area (TPSA) is 75.4 Å². The van der Waals surface area contributed by atoms with Crippen molar-refractivity contribution < 1.29 is 9.59 Å². The molecule has 0 bridgehead atoms. The molecule has 2 aromatic carbocycles. The monoisotopic (exact) mass is 393 g/mol. The minimum absolute atomic E-state index is 0.134. The number of nitrogens with one attached hydrogen (secondary N) is 1. The van der Waals surface area contributed by atoms with Crippen molar-refractivity contribution in [2.24, 2.45) is 5.73 Å². The van der Waals surface area contributed by atoms with Gasteiger partial charge in [-0.2, -0.15) is 0 Å². The molecule has 0 unspecified atom stereocenters. The highest BCUT2D eigenvalue weighted by molar-refractivity contribution is 7.17. The Kier molecular flexibility index (Phi) is 5.15. The number of thiophene rings is 1. The summed E-state index contributed by atoms with van der Waals surface area (Å²) in [7, 11) is 1.91. The van der Waals surface area contributed by atoms with E-state index in [0.717, 1.165) is 30.4 Å². The number of carbonyl (C=O) groups is 2. The van der Waals surface area contributed by atoms with Crippen LogP contribution < -0.4 is 11.1 Å². The van der Waals surface area contributed by atoms with Crippen molar-refractivity contribution in [1.82, 2.24) is 4.90 Å². The van der Waals surface area contributed by atoms with Gasteiger partial charge in [0.1, 0.15) is 5.00 Å². The van der Waals surface area contributed by atoms with E-state index in [2.05, 4.69) is 35.6 Å². The molecule has 144 valence electrons. The van der Waals surface area contributed by atoms with Crippen LogP contribution in [0.1, 0.15) is 32.8 Å². The number of nitrogens with zero attached hydrogens (tertiary/aromatic N) is 1. The first kappa shape index (κ1) is 18.7. The summed E-state index contributed by atoms with van der Waals surface area (Å²) >= 11 is 1.49. The van der Waals surface area contributed by atoms with Gasteiger partial charge in [0.05, 0.1) is 12.1 Å². The lowest BCUT2D eigenvalue weighted by molar-refractivity contribution is -0.117. The number of rotatable bonds is 6. The van der Waals surface area contributed by atoms with Gasteiger partial charge in [0.15, 0.2) is 0 Å². The van der Waals surface area contributed by atoms with Gasteiger partial charge in [-0.15, -0.1) is 11.3 Å². The highest BCUT2D eigenvalue weighted by Crippen LogP contribution is 2.38. The van der Waals surface area contributed by atoms with Crippen LogP contribution in [0.15, 0.2) is 42.5 Å². The molecule has 1 aliphatic rings. The van der Waals surface area contributed by atoms with Crippen LogP contribution in [0.5, 0.6) is 0 Å².